The average Bonchev–Trinajstić information content (AvgIpc) is 3.19. The van der Waals surface area contributed by atoms with Crippen LogP contribution in [-0.2, 0) is 31.7 Å². The quantitative estimate of drug-likeness (QED) is 0.222. The predicted molar refractivity (Wildman–Crippen MR) is 140 cm³/mol. The molecule has 166 valence electrons. The van der Waals surface area contributed by atoms with Crippen LogP contribution in [0.5, 0.6) is 0 Å². The van der Waals surface area contributed by atoms with Crippen molar-refractivity contribution in [1.29, 1.82) is 0 Å². The van der Waals surface area contributed by atoms with E-state index >= 15 is 0 Å². The fourth-order valence-corrected chi connectivity index (χ4v) is 4.20. The first-order chi connectivity index (χ1) is 15.1. The van der Waals surface area contributed by atoms with E-state index in [2.05, 4.69) is 120 Å². The van der Waals surface area contributed by atoms with Crippen LogP contribution in [0.4, 0.5) is 0 Å². The summed E-state index contributed by atoms with van der Waals surface area (Å²) in [6, 6.07) is 29.0. The van der Waals surface area contributed by atoms with Gasteiger partial charge >= 0.3 is 37.9 Å². The normalized spacial score (nSPS) is 11.8. The van der Waals surface area contributed by atoms with Gasteiger partial charge in [-0.1, -0.05) is 107 Å². The Morgan fingerprint density at radius 1 is 0.688 bits per heavy atom. The van der Waals surface area contributed by atoms with Crippen LogP contribution in [0.2, 0.25) is 0 Å². The fraction of sp³-hybridized carbons (Fsp3) is 0.276. The molecule has 0 fully saturated rings. The molecule has 0 saturated heterocycles. The van der Waals surface area contributed by atoms with Gasteiger partial charge in [0, 0.05) is 0 Å². The molecule has 0 spiro atoms. The molecule has 4 rings (SSSR count). The fourth-order valence-electron chi connectivity index (χ4n) is 4.20. The van der Waals surface area contributed by atoms with Crippen LogP contribution in [-0.4, -0.2) is 0 Å². The average molecular weight is 542 g/mol. The van der Waals surface area contributed by atoms with Crippen LogP contribution >= 0.6 is 17.0 Å². The van der Waals surface area contributed by atoms with Crippen molar-refractivity contribution in [3.8, 4) is 22.3 Å². The van der Waals surface area contributed by atoms with E-state index in [1.54, 1.807) is 0 Å². The number of rotatable bonds is 2. The van der Waals surface area contributed by atoms with Gasteiger partial charge in [0.1, 0.15) is 0 Å². The van der Waals surface area contributed by atoms with Gasteiger partial charge in [-0.3, -0.25) is 0 Å². The minimum atomic E-state index is -0.826. The Morgan fingerprint density at radius 2 is 1.25 bits per heavy atom. The first-order valence-electron chi connectivity index (χ1n) is 10.9. The van der Waals surface area contributed by atoms with Crippen molar-refractivity contribution in [2.45, 2.75) is 52.4 Å². The van der Waals surface area contributed by atoms with Gasteiger partial charge < -0.3 is 0 Å². The molecule has 0 atom stereocenters. The zero-order valence-corrected chi connectivity index (χ0v) is 23.7. The summed E-state index contributed by atoms with van der Waals surface area (Å²) < 4.78 is 0. The molecule has 0 aliphatic rings. The molecule has 0 saturated carbocycles. The number of hydrogen-bond donors (Lipinski definition) is 0. The molecule has 0 unspecified atom stereocenters. The van der Waals surface area contributed by atoms with Gasteiger partial charge in [0.15, 0.2) is 0 Å². The van der Waals surface area contributed by atoms with Crippen LogP contribution in [0.1, 0.15) is 52.7 Å². The molecule has 4 aromatic carbocycles. The second kappa shape index (κ2) is 10.3. The molecule has 3 heteroatoms. The number of fused-ring (bicyclic) bond motifs is 1. The van der Waals surface area contributed by atoms with Crippen molar-refractivity contribution in [2.75, 3.05) is 0 Å². The topological polar surface area (TPSA) is 0 Å². The summed E-state index contributed by atoms with van der Waals surface area (Å²) >= 11 is -0.826. The number of halogens is 2. The van der Waals surface area contributed by atoms with E-state index in [0.717, 1.165) is 0 Å². The van der Waals surface area contributed by atoms with E-state index in [4.69, 9.17) is 17.0 Å². The SMILES string of the molecule is CC(C)(C)c1cc2c(-c3ccccc3-c3ccccc3)c(C(C)(C)C)ccc2[cH-]1.[Cl][Zr][Cl]. The van der Waals surface area contributed by atoms with Crippen LogP contribution in [0, 0.1) is 0 Å². The van der Waals surface area contributed by atoms with Gasteiger partial charge in [-0.25, -0.2) is 0 Å². The molecule has 32 heavy (non-hydrogen) atoms. The molecule has 0 radical (unpaired) electrons. The summed E-state index contributed by atoms with van der Waals surface area (Å²) in [6.45, 7) is 13.8. The van der Waals surface area contributed by atoms with E-state index in [-0.39, 0.29) is 10.8 Å². The summed E-state index contributed by atoms with van der Waals surface area (Å²) in [7, 11) is 9.87. The van der Waals surface area contributed by atoms with E-state index in [1.165, 1.54) is 44.2 Å². The molecule has 0 aliphatic carbocycles. The predicted octanol–water partition coefficient (Wildman–Crippen LogP) is 9.86. The van der Waals surface area contributed by atoms with Crippen LogP contribution in [0.15, 0.2) is 78.9 Å². The van der Waals surface area contributed by atoms with Gasteiger partial charge in [0.05, 0.1) is 0 Å². The van der Waals surface area contributed by atoms with Crippen molar-refractivity contribution in [1.82, 2.24) is 0 Å². The van der Waals surface area contributed by atoms with Crippen molar-refractivity contribution >= 4 is 27.8 Å². The monoisotopic (exact) mass is 539 g/mol. The molecular weight excluding hydrogens is 510 g/mol. The van der Waals surface area contributed by atoms with Crippen LogP contribution in [0.3, 0.4) is 0 Å². The Bertz CT molecular complexity index is 1180. The van der Waals surface area contributed by atoms with E-state index in [0.29, 0.717) is 0 Å². The van der Waals surface area contributed by atoms with Gasteiger partial charge in [-0.15, -0.1) is 34.5 Å². The Morgan fingerprint density at radius 3 is 1.81 bits per heavy atom. The first kappa shape index (κ1) is 25.4. The van der Waals surface area contributed by atoms with Crippen molar-refractivity contribution in [3.05, 3.63) is 90.0 Å². The molecule has 0 aromatic heterocycles. The van der Waals surface area contributed by atoms with E-state index in [9.17, 15) is 0 Å². The van der Waals surface area contributed by atoms with Crippen molar-refractivity contribution in [3.63, 3.8) is 0 Å². The zero-order valence-electron chi connectivity index (χ0n) is 19.8. The molecule has 0 aliphatic heterocycles. The van der Waals surface area contributed by atoms with Crippen LogP contribution < -0.4 is 0 Å². The molecule has 0 nitrogen and oxygen atoms in total. The van der Waals surface area contributed by atoms with Crippen molar-refractivity contribution < 1.29 is 20.8 Å². The minimum absolute atomic E-state index is 0.0620. The zero-order chi connectivity index (χ0) is 23.5. The Balaban J connectivity index is 0.000000913. The maximum atomic E-state index is 4.93. The molecule has 0 heterocycles. The van der Waals surface area contributed by atoms with E-state index < -0.39 is 20.8 Å². The van der Waals surface area contributed by atoms with Gasteiger partial charge in [-0.2, -0.15) is 6.07 Å². The Labute approximate surface area is 212 Å². The summed E-state index contributed by atoms with van der Waals surface area (Å²) in [4.78, 5) is 0. The summed E-state index contributed by atoms with van der Waals surface area (Å²) in [6.07, 6.45) is 0. The molecule has 0 N–H and O–H groups in total. The maximum absolute atomic E-state index is 4.93. The third-order valence-electron chi connectivity index (χ3n) is 5.85. The molecule has 0 bridgehead atoms. The Kier molecular flexibility index (Phi) is 8.19. The Hall–Kier alpha value is -1.27. The molecular formula is C29H31Cl2Zr-. The van der Waals surface area contributed by atoms with Gasteiger partial charge in [0.25, 0.3) is 0 Å². The third kappa shape index (κ3) is 5.62. The first-order valence-corrected chi connectivity index (χ1v) is 17.3. The second-order valence-electron chi connectivity index (χ2n) is 10.2. The third-order valence-corrected chi connectivity index (χ3v) is 5.85. The molecule has 0 amide bonds. The van der Waals surface area contributed by atoms with Gasteiger partial charge in [-0.05, 0) is 27.5 Å². The molecule has 4 aromatic rings. The standard InChI is InChI=1S/C29H31.2ClH.Zr/c1-28(2,3)22-18-21-16-17-26(29(4,5)6)27(25(21)19-22)24-15-11-10-14-23(24)20-12-8-7-9-13-20;;;/h7-19H,1-6H3;2*1H;/q-1;;;+2/p-2. The van der Waals surface area contributed by atoms with E-state index in [1.807, 2.05) is 0 Å². The second-order valence-corrected chi connectivity index (χ2v) is 13.9. The summed E-state index contributed by atoms with van der Waals surface area (Å²) in [5.74, 6) is 0. The van der Waals surface area contributed by atoms with Crippen molar-refractivity contribution in [2.24, 2.45) is 0 Å². The van der Waals surface area contributed by atoms with Crippen LogP contribution in [0.25, 0.3) is 33.0 Å². The number of benzene rings is 3. The summed E-state index contributed by atoms with van der Waals surface area (Å²) in [5.41, 5.74) is 8.26. The summed E-state index contributed by atoms with van der Waals surface area (Å²) in [5, 5.41) is 2.70. The number of hydrogen-bond acceptors (Lipinski definition) is 0. The van der Waals surface area contributed by atoms with Gasteiger partial charge in [0.2, 0.25) is 0 Å².